The average molecular weight is 224 g/mol. The Morgan fingerprint density at radius 3 is 2.06 bits per heavy atom. The molecule has 0 aliphatic heterocycles. The van der Waals surface area contributed by atoms with Gasteiger partial charge in [0.25, 0.3) is 0 Å². The minimum absolute atomic E-state index is 0.0259. The van der Waals surface area contributed by atoms with Crippen molar-refractivity contribution >= 4 is 0 Å². The lowest BCUT2D eigenvalue weighted by atomic mass is 9.97. The van der Waals surface area contributed by atoms with E-state index in [4.69, 9.17) is 10.5 Å². The first-order valence-electron chi connectivity index (χ1n) is 4.42. The van der Waals surface area contributed by atoms with Gasteiger partial charge in [0.15, 0.2) is 0 Å². The van der Waals surface area contributed by atoms with Gasteiger partial charge in [0.05, 0.1) is 30.0 Å². The second-order valence-corrected chi connectivity index (χ2v) is 3.16. The number of halogens is 3. The molecule has 1 rings (SSSR count). The van der Waals surface area contributed by atoms with Crippen molar-refractivity contribution in [3.05, 3.63) is 35.4 Å². The number of benzene rings is 1. The quantitative estimate of drug-likeness (QED) is 0.774. The summed E-state index contributed by atoms with van der Waals surface area (Å²) >= 11 is 0. The number of rotatable bonds is 2. The molecule has 1 unspecified atom stereocenters. The summed E-state index contributed by atoms with van der Waals surface area (Å²) in [7, 11) is 0. The molecule has 0 fully saturated rings. The Bertz CT molecular complexity index is 434. The van der Waals surface area contributed by atoms with Gasteiger partial charge in [0.1, 0.15) is 0 Å². The van der Waals surface area contributed by atoms with Crippen molar-refractivity contribution in [2.45, 2.75) is 18.5 Å². The molecule has 0 aromatic heterocycles. The van der Waals surface area contributed by atoms with Crippen LogP contribution >= 0.6 is 0 Å². The Balaban J connectivity index is 2.96. The molecular formula is C11H7F3N2. The highest BCUT2D eigenvalue weighted by Crippen LogP contribution is 2.30. The summed E-state index contributed by atoms with van der Waals surface area (Å²) in [5.41, 5.74) is -0.332. The SMILES string of the molecule is N#CCC(C#N)c1ccc(C(F)(F)F)cc1. The predicted octanol–water partition coefficient (Wildman–Crippen LogP) is 3.23. The van der Waals surface area contributed by atoms with Crippen molar-refractivity contribution in [2.75, 3.05) is 0 Å². The lowest BCUT2D eigenvalue weighted by molar-refractivity contribution is -0.137. The van der Waals surface area contributed by atoms with Crippen LogP contribution in [-0.2, 0) is 6.18 Å². The van der Waals surface area contributed by atoms with Crippen LogP contribution in [0.1, 0.15) is 23.5 Å². The van der Waals surface area contributed by atoms with E-state index < -0.39 is 17.7 Å². The van der Waals surface area contributed by atoms with Crippen LogP contribution < -0.4 is 0 Å². The van der Waals surface area contributed by atoms with E-state index in [1.165, 1.54) is 12.1 Å². The van der Waals surface area contributed by atoms with E-state index in [0.29, 0.717) is 5.56 Å². The van der Waals surface area contributed by atoms with Gasteiger partial charge in [0, 0.05) is 0 Å². The third-order valence-electron chi connectivity index (χ3n) is 2.09. The highest BCUT2D eigenvalue weighted by molar-refractivity contribution is 5.30. The maximum Gasteiger partial charge on any atom is 0.416 e. The van der Waals surface area contributed by atoms with Crippen LogP contribution in [0.25, 0.3) is 0 Å². The third-order valence-corrected chi connectivity index (χ3v) is 2.09. The minimum Gasteiger partial charge on any atom is -0.198 e. The van der Waals surface area contributed by atoms with Gasteiger partial charge in [-0.15, -0.1) is 0 Å². The molecule has 82 valence electrons. The van der Waals surface area contributed by atoms with Crippen molar-refractivity contribution in [3.8, 4) is 12.1 Å². The molecule has 0 aliphatic carbocycles. The zero-order valence-electron chi connectivity index (χ0n) is 8.12. The molecule has 0 saturated heterocycles. The van der Waals surface area contributed by atoms with Crippen LogP contribution in [-0.4, -0.2) is 0 Å². The molecule has 2 nitrogen and oxygen atoms in total. The van der Waals surface area contributed by atoms with Crippen molar-refractivity contribution in [2.24, 2.45) is 0 Å². The van der Waals surface area contributed by atoms with Crippen LogP contribution in [0.4, 0.5) is 13.2 Å². The normalized spacial score (nSPS) is 12.6. The lowest BCUT2D eigenvalue weighted by Crippen LogP contribution is -2.05. The molecule has 0 spiro atoms. The fourth-order valence-electron chi connectivity index (χ4n) is 1.23. The molecule has 1 aromatic rings. The van der Waals surface area contributed by atoms with Gasteiger partial charge in [-0.25, -0.2) is 0 Å². The van der Waals surface area contributed by atoms with Crippen molar-refractivity contribution in [3.63, 3.8) is 0 Å². The Morgan fingerprint density at radius 1 is 1.12 bits per heavy atom. The van der Waals surface area contributed by atoms with Crippen LogP contribution in [0.15, 0.2) is 24.3 Å². The van der Waals surface area contributed by atoms with Gasteiger partial charge in [-0.1, -0.05) is 12.1 Å². The fraction of sp³-hybridized carbons (Fsp3) is 0.273. The summed E-state index contributed by atoms with van der Waals surface area (Å²) in [6, 6.07) is 7.98. The standard InChI is InChI=1S/C11H7F3N2/c12-11(13,14)10-3-1-8(2-4-10)9(7-16)5-6-15/h1-4,9H,5H2. The summed E-state index contributed by atoms with van der Waals surface area (Å²) in [5, 5.41) is 17.1. The molecule has 1 atom stereocenters. The maximum atomic E-state index is 12.2. The number of hydrogen-bond donors (Lipinski definition) is 0. The van der Waals surface area contributed by atoms with Gasteiger partial charge in [0.2, 0.25) is 0 Å². The number of hydrogen-bond acceptors (Lipinski definition) is 2. The van der Waals surface area contributed by atoms with E-state index in [1.54, 1.807) is 0 Å². The summed E-state index contributed by atoms with van der Waals surface area (Å²) in [5.74, 6) is -0.674. The summed E-state index contributed by atoms with van der Waals surface area (Å²) < 4.78 is 36.7. The largest absolute Gasteiger partial charge is 0.416 e. The third kappa shape index (κ3) is 2.74. The van der Waals surface area contributed by atoms with Crippen LogP contribution in [0.5, 0.6) is 0 Å². The minimum atomic E-state index is -4.38. The first kappa shape index (κ1) is 12.1. The fourth-order valence-corrected chi connectivity index (χ4v) is 1.23. The van der Waals surface area contributed by atoms with Crippen LogP contribution in [0.2, 0.25) is 0 Å². The first-order valence-corrected chi connectivity index (χ1v) is 4.42. The topological polar surface area (TPSA) is 47.6 Å². The van der Waals surface area contributed by atoms with Gasteiger partial charge in [-0.05, 0) is 17.7 Å². The Hall–Kier alpha value is -2.01. The van der Waals surface area contributed by atoms with Gasteiger partial charge >= 0.3 is 6.18 Å². The summed E-state index contributed by atoms with van der Waals surface area (Å²) in [6.07, 6.45) is -4.40. The molecule has 0 bridgehead atoms. The Morgan fingerprint density at radius 2 is 1.69 bits per heavy atom. The van der Waals surface area contributed by atoms with Gasteiger partial charge in [-0.2, -0.15) is 23.7 Å². The van der Waals surface area contributed by atoms with E-state index >= 15 is 0 Å². The molecule has 5 heteroatoms. The smallest absolute Gasteiger partial charge is 0.198 e. The molecular weight excluding hydrogens is 217 g/mol. The molecule has 0 amide bonds. The van der Waals surface area contributed by atoms with E-state index in [0.717, 1.165) is 12.1 Å². The Kier molecular flexibility index (Phi) is 3.52. The molecule has 0 saturated carbocycles. The van der Waals surface area contributed by atoms with Gasteiger partial charge < -0.3 is 0 Å². The molecule has 1 aromatic carbocycles. The van der Waals surface area contributed by atoms with Crippen LogP contribution in [0, 0.1) is 22.7 Å². The van der Waals surface area contributed by atoms with Crippen molar-refractivity contribution < 1.29 is 13.2 Å². The zero-order valence-corrected chi connectivity index (χ0v) is 8.12. The highest BCUT2D eigenvalue weighted by Gasteiger charge is 2.30. The van der Waals surface area contributed by atoms with E-state index in [2.05, 4.69) is 0 Å². The number of nitriles is 2. The molecule has 0 heterocycles. The monoisotopic (exact) mass is 224 g/mol. The predicted molar refractivity (Wildman–Crippen MR) is 50.0 cm³/mol. The van der Waals surface area contributed by atoms with E-state index in [9.17, 15) is 13.2 Å². The molecule has 16 heavy (non-hydrogen) atoms. The lowest BCUT2D eigenvalue weighted by Gasteiger charge is -2.09. The van der Waals surface area contributed by atoms with Crippen LogP contribution in [0.3, 0.4) is 0 Å². The van der Waals surface area contributed by atoms with Gasteiger partial charge in [-0.3, -0.25) is 0 Å². The average Bonchev–Trinajstić information content (AvgIpc) is 2.25. The highest BCUT2D eigenvalue weighted by atomic mass is 19.4. The molecule has 0 radical (unpaired) electrons. The number of nitrogens with zero attached hydrogens (tertiary/aromatic N) is 2. The molecule has 0 N–H and O–H groups in total. The van der Waals surface area contributed by atoms with E-state index in [-0.39, 0.29) is 6.42 Å². The Labute approximate surface area is 90.5 Å². The summed E-state index contributed by atoms with van der Waals surface area (Å²) in [6.45, 7) is 0. The van der Waals surface area contributed by atoms with Crippen molar-refractivity contribution in [1.29, 1.82) is 10.5 Å². The number of alkyl halides is 3. The second-order valence-electron chi connectivity index (χ2n) is 3.16. The maximum absolute atomic E-state index is 12.2. The second kappa shape index (κ2) is 4.67. The molecule has 0 aliphatic rings. The van der Waals surface area contributed by atoms with Crippen molar-refractivity contribution in [1.82, 2.24) is 0 Å². The van der Waals surface area contributed by atoms with E-state index in [1.807, 2.05) is 12.1 Å². The zero-order chi connectivity index (χ0) is 12.2. The summed E-state index contributed by atoms with van der Waals surface area (Å²) in [4.78, 5) is 0. The first-order chi connectivity index (χ1) is 7.49.